The van der Waals surface area contributed by atoms with Gasteiger partial charge in [0.25, 0.3) is 17.7 Å². The number of amides is 3. The Labute approximate surface area is 162 Å². The summed E-state index contributed by atoms with van der Waals surface area (Å²) < 4.78 is 0. The Bertz CT molecular complexity index is 961. The van der Waals surface area contributed by atoms with Crippen molar-refractivity contribution in [3.8, 4) is 0 Å². The Hall–Kier alpha value is -3.45. The summed E-state index contributed by atoms with van der Waals surface area (Å²) in [5.74, 6) is -1.38. The molecule has 2 aromatic carbocycles. The van der Waals surface area contributed by atoms with Gasteiger partial charge in [-0.05, 0) is 49.2 Å². The van der Waals surface area contributed by atoms with E-state index in [0.29, 0.717) is 16.9 Å². The number of carbonyl (C=O) groups excluding carboxylic acids is 3. The van der Waals surface area contributed by atoms with E-state index < -0.39 is 11.8 Å². The molecule has 7 heteroatoms. The van der Waals surface area contributed by atoms with Gasteiger partial charge in [-0.25, -0.2) is 0 Å². The molecule has 28 heavy (non-hydrogen) atoms. The average Bonchev–Trinajstić information content (AvgIpc) is 2.89. The number of para-hydroxylation sites is 1. The fourth-order valence-corrected chi connectivity index (χ4v) is 3.09. The van der Waals surface area contributed by atoms with Gasteiger partial charge < -0.3 is 15.7 Å². The maximum Gasteiger partial charge on any atom is 0.277 e. The second kappa shape index (κ2) is 8.06. The number of nitrogens with one attached hydrogen (secondary N) is 2. The minimum Gasteiger partial charge on any atom is -0.395 e. The van der Waals surface area contributed by atoms with Crippen LogP contribution >= 0.6 is 0 Å². The van der Waals surface area contributed by atoms with E-state index in [4.69, 9.17) is 5.11 Å². The van der Waals surface area contributed by atoms with Gasteiger partial charge >= 0.3 is 0 Å². The number of benzene rings is 2. The molecule has 1 heterocycles. The topological polar surface area (TPSA) is 98.7 Å². The average molecular weight is 379 g/mol. The number of aryl methyl sites for hydroxylation is 2. The van der Waals surface area contributed by atoms with Gasteiger partial charge in [0, 0.05) is 11.8 Å². The van der Waals surface area contributed by atoms with Gasteiger partial charge in [-0.2, -0.15) is 0 Å². The van der Waals surface area contributed by atoms with Crippen LogP contribution in [-0.2, 0) is 9.59 Å². The largest absolute Gasteiger partial charge is 0.395 e. The normalized spacial score (nSPS) is 13.5. The molecule has 3 amide bonds. The summed E-state index contributed by atoms with van der Waals surface area (Å²) in [5, 5.41) is 14.7. The summed E-state index contributed by atoms with van der Waals surface area (Å²) in [7, 11) is 0. The first kappa shape index (κ1) is 19.3. The van der Waals surface area contributed by atoms with Crippen LogP contribution in [0.3, 0.4) is 0 Å². The zero-order valence-corrected chi connectivity index (χ0v) is 15.7. The molecule has 0 fully saturated rings. The minimum absolute atomic E-state index is 0.0603. The molecule has 0 bridgehead atoms. The van der Waals surface area contributed by atoms with Gasteiger partial charge in [0.2, 0.25) is 0 Å². The Morgan fingerprint density at radius 1 is 1.07 bits per heavy atom. The van der Waals surface area contributed by atoms with Crippen LogP contribution in [0, 0.1) is 13.8 Å². The molecule has 1 aliphatic heterocycles. The van der Waals surface area contributed by atoms with Crippen LogP contribution in [-0.4, -0.2) is 40.9 Å². The number of β-amino-alcohol motifs (C(OH)–C–C–N with tert-alkyl or cyclic N) is 1. The fourth-order valence-electron chi connectivity index (χ4n) is 3.09. The van der Waals surface area contributed by atoms with Crippen molar-refractivity contribution in [3.63, 3.8) is 0 Å². The molecule has 0 unspecified atom stereocenters. The maximum atomic E-state index is 12.8. The molecular weight excluding hydrogens is 358 g/mol. The van der Waals surface area contributed by atoms with Crippen molar-refractivity contribution in [2.24, 2.45) is 0 Å². The highest BCUT2D eigenvalue weighted by Crippen LogP contribution is 2.22. The number of hydrogen-bond donors (Lipinski definition) is 3. The lowest BCUT2D eigenvalue weighted by Gasteiger charge is -2.15. The van der Waals surface area contributed by atoms with Gasteiger partial charge in [0.1, 0.15) is 5.70 Å². The molecule has 7 nitrogen and oxygen atoms in total. The molecule has 0 saturated heterocycles. The van der Waals surface area contributed by atoms with Crippen LogP contribution in [0.5, 0.6) is 0 Å². The second-order valence-corrected chi connectivity index (χ2v) is 6.58. The number of imide groups is 1. The van der Waals surface area contributed by atoms with Gasteiger partial charge in [-0.1, -0.05) is 18.2 Å². The number of hydrogen-bond acceptors (Lipinski definition) is 5. The van der Waals surface area contributed by atoms with E-state index in [1.54, 1.807) is 24.3 Å². The summed E-state index contributed by atoms with van der Waals surface area (Å²) >= 11 is 0. The van der Waals surface area contributed by atoms with Crippen LogP contribution in [0.1, 0.15) is 21.5 Å². The maximum absolute atomic E-state index is 12.8. The summed E-state index contributed by atoms with van der Waals surface area (Å²) in [6.07, 6.45) is 1.16. The third kappa shape index (κ3) is 4.10. The van der Waals surface area contributed by atoms with E-state index in [1.165, 1.54) is 0 Å². The molecular formula is C21H21N3O4. The fraction of sp³-hybridized carbons (Fsp3) is 0.190. The van der Waals surface area contributed by atoms with Crippen molar-refractivity contribution >= 4 is 29.1 Å². The van der Waals surface area contributed by atoms with E-state index in [9.17, 15) is 14.4 Å². The van der Waals surface area contributed by atoms with Gasteiger partial charge in [-0.3, -0.25) is 19.3 Å². The highest BCUT2D eigenvalue weighted by Gasteiger charge is 2.31. The Balaban J connectivity index is 1.82. The summed E-state index contributed by atoms with van der Waals surface area (Å²) in [6.45, 7) is 3.51. The molecule has 1 aliphatic rings. The summed E-state index contributed by atoms with van der Waals surface area (Å²) in [4.78, 5) is 37.9. The lowest BCUT2D eigenvalue weighted by Crippen LogP contribution is -2.34. The highest BCUT2D eigenvalue weighted by atomic mass is 16.3. The van der Waals surface area contributed by atoms with Gasteiger partial charge in [0.15, 0.2) is 0 Å². The van der Waals surface area contributed by atoms with Crippen molar-refractivity contribution in [2.75, 3.05) is 23.8 Å². The Morgan fingerprint density at radius 3 is 2.43 bits per heavy atom. The smallest absolute Gasteiger partial charge is 0.277 e. The van der Waals surface area contributed by atoms with E-state index in [-0.39, 0.29) is 24.8 Å². The summed E-state index contributed by atoms with van der Waals surface area (Å²) in [6, 6.07) is 12.5. The lowest BCUT2D eigenvalue weighted by atomic mass is 10.1. The number of nitrogens with zero attached hydrogens (tertiary/aromatic N) is 1. The van der Waals surface area contributed by atoms with Gasteiger partial charge in [0.05, 0.1) is 24.4 Å². The molecule has 3 rings (SSSR count). The van der Waals surface area contributed by atoms with Crippen LogP contribution in [0.2, 0.25) is 0 Å². The molecule has 0 atom stereocenters. The summed E-state index contributed by atoms with van der Waals surface area (Å²) in [5.41, 5.74) is 3.55. The molecule has 0 saturated carbocycles. The van der Waals surface area contributed by atoms with E-state index in [2.05, 4.69) is 10.6 Å². The molecule has 3 N–H and O–H groups in total. The minimum atomic E-state index is -0.538. The molecule has 0 aromatic heterocycles. The van der Waals surface area contributed by atoms with E-state index in [0.717, 1.165) is 22.1 Å². The quantitative estimate of drug-likeness (QED) is 0.669. The second-order valence-electron chi connectivity index (χ2n) is 6.58. The van der Waals surface area contributed by atoms with Crippen molar-refractivity contribution in [3.05, 3.63) is 70.9 Å². The zero-order valence-electron chi connectivity index (χ0n) is 15.7. The SMILES string of the molecule is Cc1cc(C)cc(NC(=O)c2ccccc2NC2=CC(=O)N(CCO)C2=O)c1. The number of anilines is 2. The Morgan fingerprint density at radius 2 is 1.75 bits per heavy atom. The molecule has 144 valence electrons. The van der Waals surface area contributed by atoms with Crippen LogP contribution in [0.4, 0.5) is 11.4 Å². The standard InChI is InChI=1S/C21H21N3O4/c1-13-9-14(2)11-15(10-13)22-20(27)16-5-3-4-6-17(16)23-18-12-19(26)24(7-8-25)21(18)28/h3-6,9-12,23,25H,7-8H2,1-2H3,(H,22,27). The third-order valence-corrected chi connectivity index (χ3v) is 4.25. The van der Waals surface area contributed by atoms with Crippen LogP contribution in [0.15, 0.2) is 54.2 Å². The van der Waals surface area contributed by atoms with Crippen molar-refractivity contribution in [2.45, 2.75) is 13.8 Å². The van der Waals surface area contributed by atoms with E-state index in [1.807, 2.05) is 32.0 Å². The molecule has 0 aliphatic carbocycles. The highest BCUT2D eigenvalue weighted by molar-refractivity contribution is 6.18. The first-order valence-electron chi connectivity index (χ1n) is 8.83. The monoisotopic (exact) mass is 379 g/mol. The molecule has 2 aromatic rings. The number of aliphatic hydroxyl groups is 1. The third-order valence-electron chi connectivity index (χ3n) is 4.25. The van der Waals surface area contributed by atoms with E-state index >= 15 is 0 Å². The van der Waals surface area contributed by atoms with Crippen molar-refractivity contribution in [1.29, 1.82) is 0 Å². The number of rotatable bonds is 6. The number of aliphatic hydroxyl groups excluding tert-OH is 1. The molecule has 0 spiro atoms. The van der Waals surface area contributed by atoms with Crippen molar-refractivity contribution < 1.29 is 19.5 Å². The lowest BCUT2D eigenvalue weighted by molar-refractivity contribution is -0.137. The predicted molar refractivity (Wildman–Crippen MR) is 106 cm³/mol. The number of carbonyl (C=O) groups is 3. The molecule has 0 radical (unpaired) electrons. The predicted octanol–water partition coefficient (Wildman–Crippen LogP) is 2.21. The Kier molecular flexibility index (Phi) is 5.56. The van der Waals surface area contributed by atoms with Crippen LogP contribution in [0.25, 0.3) is 0 Å². The first-order chi connectivity index (χ1) is 13.4. The van der Waals surface area contributed by atoms with Crippen LogP contribution < -0.4 is 10.6 Å². The first-order valence-corrected chi connectivity index (χ1v) is 8.83. The van der Waals surface area contributed by atoms with Gasteiger partial charge in [-0.15, -0.1) is 0 Å². The zero-order chi connectivity index (χ0) is 20.3. The van der Waals surface area contributed by atoms with Crippen molar-refractivity contribution in [1.82, 2.24) is 4.90 Å².